The summed E-state index contributed by atoms with van der Waals surface area (Å²) in [5, 5.41) is 61.0. The van der Waals surface area contributed by atoms with E-state index < -0.39 is 111 Å². The first-order valence-electron chi connectivity index (χ1n) is 12.2. The Labute approximate surface area is 224 Å². The number of ether oxygens (including phenoxy) is 4. The van der Waals surface area contributed by atoms with Gasteiger partial charge in [0.2, 0.25) is 23.6 Å². The number of aliphatic hydroxyl groups excluding tert-OH is 5. The van der Waals surface area contributed by atoms with E-state index in [1.807, 2.05) is 0 Å². The van der Waals surface area contributed by atoms with Crippen LogP contribution < -0.4 is 21.3 Å². The molecule has 17 heteroatoms. The SMILES string of the molecule is CNC(=O)[C@H](CO[C@H]1O[C@H](CO[C@H]2O[C@H](CO)[C@H](O)[C@H](O)[C@H]2NC(C)=O)[C@H](O)[C@H](O)[C@H]1NC(C)=O)NC(C)=O. The van der Waals surface area contributed by atoms with Gasteiger partial charge < -0.3 is 65.7 Å². The largest absolute Gasteiger partial charge is 0.394 e. The molecule has 39 heavy (non-hydrogen) atoms. The van der Waals surface area contributed by atoms with Crippen molar-refractivity contribution >= 4 is 23.6 Å². The molecule has 0 aromatic carbocycles. The Morgan fingerprint density at radius 1 is 0.769 bits per heavy atom. The second-order valence-electron chi connectivity index (χ2n) is 9.22. The number of rotatable bonds is 11. The molecule has 2 saturated heterocycles. The van der Waals surface area contributed by atoms with E-state index in [0.29, 0.717) is 0 Å². The van der Waals surface area contributed by atoms with E-state index in [-0.39, 0.29) is 0 Å². The second kappa shape index (κ2) is 14.8. The van der Waals surface area contributed by atoms with E-state index in [1.54, 1.807) is 0 Å². The molecule has 0 aromatic rings. The van der Waals surface area contributed by atoms with Gasteiger partial charge in [-0.3, -0.25) is 19.2 Å². The van der Waals surface area contributed by atoms with Gasteiger partial charge in [0.1, 0.15) is 54.7 Å². The van der Waals surface area contributed by atoms with Crippen LogP contribution in [0, 0.1) is 0 Å². The standard InChI is InChI=1S/C22H38N4O13/c1-8(28)24-11(20(35)23-4)6-36-21-15(26-10(3)30)19(34)17(32)13(39-21)7-37-22-14(25-9(2)29)18(33)16(31)12(5-27)38-22/h11-19,21-22,27,31-34H,5-7H2,1-4H3,(H,23,35)(H,24,28)(H,25,29)(H,26,30)/t11-,12+,13+,14+,15+,16-,17-,18+,19+,21-,22-/m0/s1. The van der Waals surface area contributed by atoms with E-state index in [9.17, 15) is 44.7 Å². The lowest BCUT2D eigenvalue weighted by Gasteiger charge is -2.45. The molecule has 0 unspecified atom stereocenters. The Morgan fingerprint density at radius 2 is 1.26 bits per heavy atom. The summed E-state index contributed by atoms with van der Waals surface area (Å²) in [5.41, 5.74) is 0. The smallest absolute Gasteiger partial charge is 0.244 e. The van der Waals surface area contributed by atoms with Gasteiger partial charge in [-0.05, 0) is 0 Å². The Morgan fingerprint density at radius 3 is 1.72 bits per heavy atom. The van der Waals surface area contributed by atoms with Crippen molar-refractivity contribution in [1.29, 1.82) is 0 Å². The van der Waals surface area contributed by atoms with Crippen LogP contribution in [-0.2, 0) is 38.1 Å². The van der Waals surface area contributed by atoms with Crippen LogP contribution in [0.2, 0.25) is 0 Å². The average molecular weight is 567 g/mol. The Balaban J connectivity index is 2.19. The molecule has 4 amide bonds. The molecule has 0 saturated carbocycles. The topological polar surface area (TPSA) is 254 Å². The summed E-state index contributed by atoms with van der Waals surface area (Å²) in [5.74, 6) is -2.27. The Kier molecular flexibility index (Phi) is 12.4. The Hall–Kier alpha value is -2.48. The van der Waals surface area contributed by atoms with Crippen LogP contribution in [0.3, 0.4) is 0 Å². The van der Waals surface area contributed by atoms with Crippen molar-refractivity contribution in [3.05, 3.63) is 0 Å². The molecule has 2 fully saturated rings. The van der Waals surface area contributed by atoms with Gasteiger partial charge in [0.25, 0.3) is 0 Å². The number of hydrogen-bond donors (Lipinski definition) is 9. The van der Waals surface area contributed by atoms with Gasteiger partial charge in [0.15, 0.2) is 12.6 Å². The predicted molar refractivity (Wildman–Crippen MR) is 127 cm³/mol. The van der Waals surface area contributed by atoms with E-state index in [4.69, 9.17) is 18.9 Å². The van der Waals surface area contributed by atoms with Gasteiger partial charge in [0.05, 0.1) is 19.8 Å². The minimum absolute atomic E-state index is 0.436. The number of carbonyl (C=O) groups excluding carboxylic acids is 4. The molecule has 0 aliphatic carbocycles. The van der Waals surface area contributed by atoms with Crippen LogP contribution in [0.15, 0.2) is 0 Å². The summed E-state index contributed by atoms with van der Waals surface area (Å²) in [4.78, 5) is 47.0. The summed E-state index contributed by atoms with van der Waals surface area (Å²) >= 11 is 0. The van der Waals surface area contributed by atoms with E-state index in [0.717, 1.165) is 13.8 Å². The zero-order chi connectivity index (χ0) is 29.4. The van der Waals surface area contributed by atoms with Crippen molar-refractivity contribution in [2.45, 2.75) is 88.1 Å². The summed E-state index contributed by atoms with van der Waals surface area (Å²) in [6.45, 7) is 1.89. The Bertz CT molecular complexity index is 864. The minimum Gasteiger partial charge on any atom is -0.394 e. The zero-order valence-corrected chi connectivity index (χ0v) is 22.0. The van der Waals surface area contributed by atoms with Crippen molar-refractivity contribution in [1.82, 2.24) is 21.3 Å². The quantitative estimate of drug-likeness (QED) is 0.113. The minimum atomic E-state index is -1.64. The van der Waals surface area contributed by atoms with Gasteiger partial charge in [-0.1, -0.05) is 0 Å². The van der Waals surface area contributed by atoms with Gasteiger partial charge in [-0.15, -0.1) is 0 Å². The number of hydrogen-bond acceptors (Lipinski definition) is 13. The third kappa shape index (κ3) is 8.75. The molecule has 17 nitrogen and oxygen atoms in total. The fraction of sp³-hybridized carbons (Fsp3) is 0.818. The molecule has 2 aliphatic rings. The number of aliphatic hydroxyl groups is 5. The summed E-state index contributed by atoms with van der Waals surface area (Å²) in [6.07, 6.45) is -11.8. The maximum absolute atomic E-state index is 12.1. The van der Waals surface area contributed by atoms with Gasteiger partial charge in [0, 0.05) is 27.8 Å². The number of likely N-dealkylation sites (N-methyl/N-ethyl adjacent to an activating group) is 1. The van der Waals surface area contributed by atoms with Crippen LogP contribution >= 0.6 is 0 Å². The first-order chi connectivity index (χ1) is 18.3. The van der Waals surface area contributed by atoms with Crippen molar-refractivity contribution < 1.29 is 63.7 Å². The first-order valence-corrected chi connectivity index (χ1v) is 12.2. The van der Waals surface area contributed by atoms with Gasteiger partial charge in [-0.25, -0.2) is 0 Å². The van der Waals surface area contributed by atoms with Crippen molar-refractivity contribution in [2.24, 2.45) is 0 Å². The molecule has 224 valence electrons. The maximum atomic E-state index is 12.1. The molecule has 0 aromatic heterocycles. The zero-order valence-electron chi connectivity index (χ0n) is 22.0. The van der Waals surface area contributed by atoms with Crippen molar-refractivity contribution in [3.8, 4) is 0 Å². The molecule has 2 aliphatic heterocycles. The monoisotopic (exact) mass is 566 g/mol. The second-order valence-corrected chi connectivity index (χ2v) is 9.22. The van der Waals surface area contributed by atoms with Crippen LogP contribution in [0.25, 0.3) is 0 Å². The van der Waals surface area contributed by atoms with E-state index in [1.165, 1.54) is 14.0 Å². The summed E-state index contributed by atoms with van der Waals surface area (Å²) in [6, 6.07) is -3.70. The molecular weight excluding hydrogens is 528 g/mol. The van der Waals surface area contributed by atoms with Gasteiger partial charge in [-0.2, -0.15) is 0 Å². The van der Waals surface area contributed by atoms with Crippen molar-refractivity contribution in [3.63, 3.8) is 0 Å². The highest BCUT2D eigenvalue weighted by Crippen LogP contribution is 2.26. The first kappa shape index (κ1) is 32.7. The highest BCUT2D eigenvalue weighted by molar-refractivity contribution is 5.86. The molecular formula is C22H38N4O13. The molecule has 2 rings (SSSR count). The fourth-order valence-corrected chi connectivity index (χ4v) is 4.20. The molecule has 9 N–H and O–H groups in total. The summed E-state index contributed by atoms with van der Waals surface area (Å²) in [7, 11) is 1.35. The van der Waals surface area contributed by atoms with Gasteiger partial charge >= 0.3 is 0 Å². The highest BCUT2D eigenvalue weighted by Gasteiger charge is 2.49. The molecule has 0 bridgehead atoms. The molecule has 0 spiro atoms. The molecule has 11 atom stereocenters. The average Bonchev–Trinajstić information content (AvgIpc) is 2.87. The van der Waals surface area contributed by atoms with Crippen LogP contribution in [0.1, 0.15) is 20.8 Å². The number of nitrogens with one attached hydrogen (secondary N) is 4. The lowest BCUT2D eigenvalue weighted by Crippen LogP contribution is -2.66. The third-order valence-corrected chi connectivity index (χ3v) is 6.11. The predicted octanol–water partition coefficient (Wildman–Crippen LogP) is -5.83. The van der Waals surface area contributed by atoms with Crippen LogP contribution in [-0.4, -0.2) is 143 Å². The molecule has 2 heterocycles. The van der Waals surface area contributed by atoms with E-state index in [2.05, 4.69) is 21.3 Å². The lowest BCUT2D eigenvalue weighted by atomic mass is 9.96. The normalized spacial score (nSPS) is 35.4. The maximum Gasteiger partial charge on any atom is 0.244 e. The van der Waals surface area contributed by atoms with Crippen molar-refractivity contribution in [2.75, 3.05) is 26.9 Å². The van der Waals surface area contributed by atoms with Crippen LogP contribution in [0.4, 0.5) is 0 Å². The third-order valence-electron chi connectivity index (χ3n) is 6.11. The highest BCUT2D eigenvalue weighted by atomic mass is 16.7. The molecule has 0 radical (unpaired) electrons. The lowest BCUT2D eigenvalue weighted by molar-refractivity contribution is -0.303. The van der Waals surface area contributed by atoms with Crippen LogP contribution in [0.5, 0.6) is 0 Å². The number of amides is 4. The fourth-order valence-electron chi connectivity index (χ4n) is 4.20. The summed E-state index contributed by atoms with van der Waals surface area (Å²) < 4.78 is 22.5. The number of carbonyl (C=O) groups is 4. The van der Waals surface area contributed by atoms with E-state index >= 15 is 0 Å².